The fourth-order valence-corrected chi connectivity index (χ4v) is 3.44. The van der Waals surface area contributed by atoms with Crippen molar-refractivity contribution in [2.45, 2.75) is 51.6 Å². The van der Waals surface area contributed by atoms with E-state index in [1.165, 1.54) is 32.1 Å². The minimum absolute atomic E-state index is 0.523. The lowest BCUT2D eigenvalue weighted by Gasteiger charge is -2.28. The van der Waals surface area contributed by atoms with Crippen molar-refractivity contribution >= 4 is 11.6 Å². The predicted molar refractivity (Wildman–Crippen MR) is 87.4 cm³/mol. The molecule has 1 atom stereocenters. The summed E-state index contributed by atoms with van der Waals surface area (Å²) in [6.45, 7) is 3.04. The predicted octanol–water partition coefficient (Wildman–Crippen LogP) is 4.42. The van der Waals surface area contributed by atoms with E-state index < -0.39 is 0 Å². The van der Waals surface area contributed by atoms with Crippen LogP contribution in [0, 0.1) is 5.92 Å². The van der Waals surface area contributed by atoms with Crippen LogP contribution < -0.4 is 14.8 Å². The number of methoxy groups -OCH3 is 2. The van der Waals surface area contributed by atoms with E-state index in [9.17, 15) is 0 Å². The molecule has 118 valence electrons. The van der Waals surface area contributed by atoms with Crippen LogP contribution in [0.3, 0.4) is 0 Å². The van der Waals surface area contributed by atoms with E-state index in [1.54, 1.807) is 14.2 Å². The van der Waals surface area contributed by atoms with Gasteiger partial charge in [-0.3, -0.25) is 0 Å². The van der Waals surface area contributed by atoms with Gasteiger partial charge in [0.1, 0.15) is 0 Å². The quantitative estimate of drug-likeness (QED) is 0.844. The number of hydrogen-bond donors (Lipinski definition) is 1. The maximum Gasteiger partial charge on any atom is 0.179 e. The smallest absolute Gasteiger partial charge is 0.179 e. The van der Waals surface area contributed by atoms with Crippen molar-refractivity contribution in [1.82, 2.24) is 5.32 Å². The van der Waals surface area contributed by atoms with Crippen LogP contribution in [0.2, 0.25) is 5.02 Å². The van der Waals surface area contributed by atoms with Gasteiger partial charge in [0.15, 0.2) is 11.5 Å². The van der Waals surface area contributed by atoms with Crippen molar-refractivity contribution in [2.24, 2.45) is 5.92 Å². The third kappa shape index (κ3) is 4.04. The second-order valence-electron chi connectivity index (χ2n) is 5.84. The molecule has 21 heavy (non-hydrogen) atoms. The number of nitrogens with one attached hydrogen (secondary N) is 1. The van der Waals surface area contributed by atoms with Crippen LogP contribution in [0.4, 0.5) is 0 Å². The Morgan fingerprint density at radius 1 is 1.19 bits per heavy atom. The van der Waals surface area contributed by atoms with Crippen LogP contribution in [-0.2, 0) is 6.54 Å². The second-order valence-corrected chi connectivity index (χ2v) is 6.22. The first-order valence-corrected chi connectivity index (χ1v) is 8.18. The van der Waals surface area contributed by atoms with Crippen LogP contribution >= 0.6 is 11.6 Å². The maximum atomic E-state index is 6.42. The molecule has 1 aliphatic carbocycles. The molecular formula is C17H26ClNO2. The Labute approximate surface area is 133 Å². The van der Waals surface area contributed by atoms with Crippen LogP contribution in [0.5, 0.6) is 11.5 Å². The normalized spacial score (nSPS) is 17.5. The Kier molecular flexibility index (Phi) is 6.19. The highest BCUT2D eigenvalue weighted by atomic mass is 35.5. The van der Waals surface area contributed by atoms with Gasteiger partial charge < -0.3 is 14.8 Å². The van der Waals surface area contributed by atoms with Crippen LogP contribution in [0.25, 0.3) is 0 Å². The molecule has 0 saturated heterocycles. The Morgan fingerprint density at radius 3 is 2.52 bits per heavy atom. The van der Waals surface area contributed by atoms with Gasteiger partial charge in [0.05, 0.1) is 19.2 Å². The fourth-order valence-electron chi connectivity index (χ4n) is 3.14. The Balaban J connectivity index is 1.99. The molecule has 2 rings (SSSR count). The largest absolute Gasteiger partial charge is 0.493 e. The van der Waals surface area contributed by atoms with Gasteiger partial charge in [-0.25, -0.2) is 0 Å². The highest BCUT2D eigenvalue weighted by molar-refractivity contribution is 6.33. The zero-order chi connectivity index (χ0) is 15.2. The molecule has 0 heterocycles. The Morgan fingerprint density at radius 2 is 1.90 bits per heavy atom. The molecule has 1 aromatic carbocycles. The summed E-state index contributed by atoms with van der Waals surface area (Å²) in [5, 5.41) is 4.26. The SMILES string of the molecule is COc1ccc(CN[C@H](C)C2CCCCC2)c(Cl)c1OC. The molecule has 1 fully saturated rings. The molecule has 1 aliphatic rings. The summed E-state index contributed by atoms with van der Waals surface area (Å²) in [6.07, 6.45) is 6.81. The number of halogens is 1. The number of hydrogen-bond acceptors (Lipinski definition) is 3. The first-order valence-electron chi connectivity index (χ1n) is 7.80. The minimum Gasteiger partial charge on any atom is -0.493 e. The van der Waals surface area contributed by atoms with Gasteiger partial charge in [-0.05, 0) is 37.3 Å². The number of benzene rings is 1. The summed E-state index contributed by atoms with van der Waals surface area (Å²) in [5.74, 6) is 2.08. The average Bonchev–Trinajstić information content (AvgIpc) is 2.53. The Bertz CT molecular complexity index is 458. The van der Waals surface area contributed by atoms with Crippen LogP contribution in [0.1, 0.15) is 44.6 Å². The van der Waals surface area contributed by atoms with E-state index in [4.69, 9.17) is 21.1 Å². The van der Waals surface area contributed by atoms with E-state index in [0.29, 0.717) is 22.6 Å². The standard InChI is InChI=1S/C17H26ClNO2/c1-12(13-7-5-4-6-8-13)19-11-14-9-10-15(20-2)17(21-3)16(14)18/h9-10,12-13,19H,4-8,11H2,1-3H3/t12-/m1/s1. The van der Waals surface area contributed by atoms with Gasteiger partial charge in [-0.1, -0.05) is 36.9 Å². The summed E-state index contributed by atoms with van der Waals surface area (Å²) in [7, 11) is 3.24. The van der Waals surface area contributed by atoms with Gasteiger partial charge in [0.2, 0.25) is 0 Å². The van der Waals surface area contributed by atoms with Gasteiger partial charge in [-0.2, -0.15) is 0 Å². The first kappa shape index (κ1) is 16.4. The van der Waals surface area contributed by atoms with Crippen molar-refractivity contribution in [3.63, 3.8) is 0 Å². The number of ether oxygens (including phenoxy) is 2. The van der Waals surface area contributed by atoms with Crippen molar-refractivity contribution in [2.75, 3.05) is 14.2 Å². The van der Waals surface area contributed by atoms with E-state index in [0.717, 1.165) is 18.0 Å². The number of rotatable bonds is 6. The maximum absolute atomic E-state index is 6.42. The molecule has 0 amide bonds. The van der Waals surface area contributed by atoms with Crippen molar-refractivity contribution in [3.8, 4) is 11.5 Å². The molecular weight excluding hydrogens is 286 g/mol. The average molecular weight is 312 g/mol. The van der Waals surface area contributed by atoms with E-state index in [-0.39, 0.29) is 0 Å². The van der Waals surface area contributed by atoms with E-state index >= 15 is 0 Å². The van der Waals surface area contributed by atoms with Gasteiger partial charge in [0.25, 0.3) is 0 Å². The van der Waals surface area contributed by atoms with Gasteiger partial charge in [0, 0.05) is 12.6 Å². The Hall–Kier alpha value is -0.930. The minimum atomic E-state index is 0.523. The zero-order valence-electron chi connectivity index (χ0n) is 13.2. The van der Waals surface area contributed by atoms with Crippen LogP contribution in [-0.4, -0.2) is 20.3 Å². The summed E-state index contributed by atoms with van der Waals surface area (Å²) in [5.41, 5.74) is 1.05. The third-order valence-electron chi connectivity index (χ3n) is 4.54. The topological polar surface area (TPSA) is 30.5 Å². The van der Waals surface area contributed by atoms with E-state index in [1.807, 2.05) is 12.1 Å². The third-order valence-corrected chi connectivity index (χ3v) is 4.95. The van der Waals surface area contributed by atoms with Crippen molar-refractivity contribution in [1.29, 1.82) is 0 Å². The second kappa shape index (κ2) is 7.90. The van der Waals surface area contributed by atoms with Crippen molar-refractivity contribution < 1.29 is 9.47 Å². The summed E-state index contributed by atoms with van der Waals surface area (Å²) >= 11 is 6.42. The molecule has 0 aromatic heterocycles. The molecule has 0 spiro atoms. The molecule has 1 N–H and O–H groups in total. The van der Waals surface area contributed by atoms with Gasteiger partial charge in [-0.15, -0.1) is 0 Å². The lowest BCUT2D eigenvalue weighted by atomic mass is 9.84. The highest BCUT2D eigenvalue weighted by Gasteiger charge is 2.20. The van der Waals surface area contributed by atoms with Gasteiger partial charge >= 0.3 is 0 Å². The lowest BCUT2D eigenvalue weighted by molar-refractivity contribution is 0.280. The molecule has 0 radical (unpaired) electrons. The zero-order valence-corrected chi connectivity index (χ0v) is 14.0. The summed E-state index contributed by atoms with van der Waals surface area (Å²) < 4.78 is 10.6. The summed E-state index contributed by atoms with van der Waals surface area (Å²) in [6, 6.07) is 4.44. The molecule has 0 bridgehead atoms. The summed E-state index contributed by atoms with van der Waals surface area (Å²) in [4.78, 5) is 0. The highest BCUT2D eigenvalue weighted by Crippen LogP contribution is 2.37. The molecule has 1 saturated carbocycles. The van der Waals surface area contributed by atoms with Crippen LogP contribution in [0.15, 0.2) is 12.1 Å². The monoisotopic (exact) mass is 311 g/mol. The van der Waals surface area contributed by atoms with E-state index in [2.05, 4.69) is 12.2 Å². The molecule has 4 heteroatoms. The first-order chi connectivity index (χ1) is 10.2. The van der Waals surface area contributed by atoms with Crippen molar-refractivity contribution in [3.05, 3.63) is 22.7 Å². The molecule has 0 aliphatic heterocycles. The lowest BCUT2D eigenvalue weighted by Crippen LogP contribution is -2.34. The molecule has 0 unspecified atom stereocenters. The fraction of sp³-hybridized carbons (Fsp3) is 0.647. The molecule has 1 aromatic rings. The molecule has 3 nitrogen and oxygen atoms in total.